The average Bonchev–Trinajstić information content (AvgIpc) is 2.08. The van der Waals surface area contributed by atoms with Crippen LogP contribution < -0.4 is 5.32 Å². The standard InChI is InChI=1S/C9H12F3NO/c1-6-3-7(9(10,11)12)4-13-8(6,2)5-14/h3-4,13-14H,5H2,1-2H3. The third kappa shape index (κ3) is 1.92. The van der Waals surface area contributed by atoms with Gasteiger partial charge in [-0.25, -0.2) is 0 Å². The van der Waals surface area contributed by atoms with Crippen LogP contribution >= 0.6 is 0 Å². The molecule has 0 aromatic carbocycles. The number of aliphatic hydroxyl groups is 1. The Morgan fingerprint density at radius 2 is 2.07 bits per heavy atom. The lowest BCUT2D eigenvalue weighted by Gasteiger charge is -2.33. The van der Waals surface area contributed by atoms with Crippen molar-refractivity contribution >= 4 is 0 Å². The van der Waals surface area contributed by atoms with E-state index in [2.05, 4.69) is 5.32 Å². The maximum absolute atomic E-state index is 12.3. The Balaban J connectivity index is 2.95. The Kier molecular flexibility index (Phi) is 2.63. The van der Waals surface area contributed by atoms with E-state index in [-0.39, 0.29) is 6.61 Å². The van der Waals surface area contributed by atoms with Crippen molar-refractivity contribution in [1.29, 1.82) is 0 Å². The van der Waals surface area contributed by atoms with Gasteiger partial charge < -0.3 is 10.4 Å². The predicted octanol–water partition coefficient (Wildman–Crippen LogP) is 1.73. The van der Waals surface area contributed by atoms with Gasteiger partial charge in [-0.1, -0.05) is 0 Å². The molecule has 0 saturated heterocycles. The molecule has 0 spiro atoms. The normalized spacial score (nSPS) is 27.9. The van der Waals surface area contributed by atoms with Gasteiger partial charge in [-0.2, -0.15) is 13.2 Å². The van der Waals surface area contributed by atoms with Crippen molar-refractivity contribution in [2.75, 3.05) is 6.61 Å². The summed E-state index contributed by atoms with van der Waals surface area (Å²) in [7, 11) is 0. The summed E-state index contributed by atoms with van der Waals surface area (Å²) >= 11 is 0. The summed E-state index contributed by atoms with van der Waals surface area (Å²) in [4.78, 5) is 0. The summed E-state index contributed by atoms with van der Waals surface area (Å²) in [5.74, 6) is 0. The lowest BCUT2D eigenvalue weighted by molar-refractivity contribution is -0.0892. The smallest absolute Gasteiger partial charge is 0.394 e. The predicted molar refractivity (Wildman–Crippen MR) is 46.5 cm³/mol. The van der Waals surface area contributed by atoms with Gasteiger partial charge in [0.15, 0.2) is 0 Å². The Morgan fingerprint density at radius 3 is 2.43 bits per heavy atom. The number of aliphatic hydroxyl groups excluding tert-OH is 1. The van der Waals surface area contributed by atoms with Crippen LogP contribution in [-0.2, 0) is 0 Å². The Bertz CT molecular complexity index is 293. The van der Waals surface area contributed by atoms with Gasteiger partial charge in [0.2, 0.25) is 0 Å². The minimum atomic E-state index is -4.34. The second-order valence-electron chi connectivity index (χ2n) is 3.56. The van der Waals surface area contributed by atoms with Crippen LogP contribution in [0.25, 0.3) is 0 Å². The first-order valence-electron chi connectivity index (χ1n) is 4.14. The molecule has 1 aliphatic rings. The molecule has 0 aromatic heterocycles. The number of halogens is 3. The molecule has 80 valence electrons. The number of dihydropyridines is 1. The molecule has 14 heavy (non-hydrogen) atoms. The second-order valence-corrected chi connectivity index (χ2v) is 3.56. The van der Waals surface area contributed by atoms with Crippen molar-refractivity contribution in [1.82, 2.24) is 5.32 Å². The Morgan fingerprint density at radius 1 is 1.50 bits per heavy atom. The van der Waals surface area contributed by atoms with E-state index in [9.17, 15) is 13.2 Å². The van der Waals surface area contributed by atoms with Crippen LogP contribution in [0.15, 0.2) is 23.4 Å². The third-order valence-corrected chi connectivity index (χ3v) is 2.43. The van der Waals surface area contributed by atoms with E-state index in [0.717, 1.165) is 12.3 Å². The molecule has 1 atom stereocenters. The van der Waals surface area contributed by atoms with Crippen molar-refractivity contribution < 1.29 is 18.3 Å². The van der Waals surface area contributed by atoms with Crippen LogP contribution in [0.1, 0.15) is 13.8 Å². The lowest BCUT2D eigenvalue weighted by Crippen LogP contribution is -2.46. The summed E-state index contributed by atoms with van der Waals surface area (Å²) in [6, 6.07) is 0. The van der Waals surface area contributed by atoms with Gasteiger partial charge in [0, 0.05) is 6.20 Å². The number of hydrogen-bond donors (Lipinski definition) is 2. The number of allylic oxidation sites excluding steroid dienone is 2. The molecular weight excluding hydrogens is 195 g/mol. The minimum Gasteiger partial charge on any atom is -0.394 e. The molecule has 0 aliphatic carbocycles. The molecule has 1 heterocycles. The van der Waals surface area contributed by atoms with Crippen LogP contribution in [0.3, 0.4) is 0 Å². The monoisotopic (exact) mass is 207 g/mol. The highest BCUT2D eigenvalue weighted by atomic mass is 19.4. The molecule has 2 N–H and O–H groups in total. The summed E-state index contributed by atoms with van der Waals surface area (Å²) in [5.41, 5.74) is -1.04. The van der Waals surface area contributed by atoms with Crippen LogP contribution in [0.2, 0.25) is 0 Å². The molecular formula is C9H12F3NO. The molecule has 0 fully saturated rings. The zero-order valence-electron chi connectivity index (χ0n) is 7.94. The molecule has 0 amide bonds. The van der Waals surface area contributed by atoms with E-state index in [1.807, 2.05) is 0 Å². The minimum absolute atomic E-state index is 0.239. The van der Waals surface area contributed by atoms with Crippen molar-refractivity contribution in [3.05, 3.63) is 23.4 Å². The van der Waals surface area contributed by atoms with Crippen molar-refractivity contribution in [2.45, 2.75) is 25.6 Å². The van der Waals surface area contributed by atoms with Crippen molar-refractivity contribution in [2.24, 2.45) is 0 Å². The summed E-state index contributed by atoms with van der Waals surface area (Å²) in [6.07, 6.45) is -2.40. The highest BCUT2D eigenvalue weighted by molar-refractivity contribution is 5.36. The molecule has 1 unspecified atom stereocenters. The molecule has 1 rings (SSSR count). The molecule has 0 bridgehead atoms. The first-order chi connectivity index (χ1) is 6.29. The van der Waals surface area contributed by atoms with E-state index >= 15 is 0 Å². The molecule has 0 aromatic rings. The first-order valence-corrected chi connectivity index (χ1v) is 4.14. The fourth-order valence-electron chi connectivity index (χ4n) is 1.12. The van der Waals surface area contributed by atoms with Crippen LogP contribution in [-0.4, -0.2) is 23.4 Å². The first kappa shape index (κ1) is 11.1. The second kappa shape index (κ2) is 3.31. The zero-order valence-corrected chi connectivity index (χ0v) is 7.94. The van der Waals surface area contributed by atoms with E-state index in [0.29, 0.717) is 5.57 Å². The van der Waals surface area contributed by atoms with Gasteiger partial charge in [0.25, 0.3) is 0 Å². The molecule has 0 radical (unpaired) electrons. The van der Waals surface area contributed by atoms with E-state index < -0.39 is 17.3 Å². The number of hydrogen-bond acceptors (Lipinski definition) is 2. The van der Waals surface area contributed by atoms with Gasteiger partial charge in [-0.05, 0) is 25.5 Å². The fourth-order valence-corrected chi connectivity index (χ4v) is 1.12. The maximum atomic E-state index is 12.3. The topological polar surface area (TPSA) is 32.3 Å². The number of alkyl halides is 3. The SMILES string of the molecule is CC1=CC(C(F)(F)F)=CNC1(C)CO. The van der Waals surface area contributed by atoms with E-state index in [1.54, 1.807) is 13.8 Å². The lowest BCUT2D eigenvalue weighted by atomic mass is 9.90. The van der Waals surface area contributed by atoms with Crippen molar-refractivity contribution in [3.63, 3.8) is 0 Å². The fraction of sp³-hybridized carbons (Fsp3) is 0.556. The van der Waals surface area contributed by atoms with Crippen molar-refractivity contribution in [3.8, 4) is 0 Å². The molecule has 0 saturated carbocycles. The number of rotatable bonds is 1. The molecule has 2 nitrogen and oxygen atoms in total. The van der Waals surface area contributed by atoms with Crippen LogP contribution in [0, 0.1) is 0 Å². The molecule has 1 aliphatic heterocycles. The maximum Gasteiger partial charge on any atom is 0.417 e. The van der Waals surface area contributed by atoms with Gasteiger partial charge in [0.05, 0.1) is 17.7 Å². The quantitative estimate of drug-likeness (QED) is 0.686. The van der Waals surface area contributed by atoms with E-state index in [4.69, 9.17) is 5.11 Å². The summed E-state index contributed by atoms with van der Waals surface area (Å²) < 4.78 is 36.8. The summed E-state index contributed by atoms with van der Waals surface area (Å²) in [5, 5.41) is 11.5. The third-order valence-electron chi connectivity index (χ3n) is 2.43. The zero-order chi connectivity index (χ0) is 11.0. The highest BCUT2D eigenvalue weighted by Crippen LogP contribution is 2.31. The summed E-state index contributed by atoms with van der Waals surface area (Å²) in [6.45, 7) is 2.96. The Labute approximate surface area is 80.1 Å². The van der Waals surface area contributed by atoms with Crippen LogP contribution in [0.4, 0.5) is 13.2 Å². The van der Waals surface area contributed by atoms with E-state index in [1.165, 1.54) is 0 Å². The molecule has 5 heteroatoms. The van der Waals surface area contributed by atoms with Gasteiger partial charge >= 0.3 is 6.18 Å². The van der Waals surface area contributed by atoms with Gasteiger partial charge in [0.1, 0.15) is 0 Å². The number of nitrogens with one attached hydrogen (secondary N) is 1. The van der Waals surface area contributed by atoms with Crippen LogP contribution in [0.5, 0.6) is 0 Å². The average molecular weight is 207 g/mol. The highest BCUT2D eigenvalue weighted by Gasteiger charge is 2.37. The Hall–Kier alpha value is -0.970. The van der Waals surface area contributed by atoms with Gasteiger partial charge in [-0.3, -0.25) is 0 Å². The largest absolute Gasteiger partial charge is 0.417 e. The van der Waals surface area contributed by atoms with Gasteiger partial charge in [-0.15, -0.1) is 0 Å².